The van der Waals surface area contributed by atoms with Crippen LogP contribution in [0.15, 0.2) is 12.7 Å². The Morgan fingerprint density at radius 1 is 0.348 bits per heavy atom. The van der Waals surface area contributed by atoms with Crippen LogP contribution in [0.1, 0.15) is 32.1 Å². The van der Waals surface area contributed by atoms with E-state index in [1.54, 1.807) is 0 Å². The Kier molecular flexibility index (Phi) is 11.6. The summed E-state index contributed by atoms with van der Waals surface area (Å²) >= 11 is 0. The van der Waals surface area contributed by atoms with E-state index in [1.165, 1.54) is 0 Å². The molecule has 0 aliphatic rings. The van der Waals surface area contributed by atoms with Crippen molar-refractivity contribution in [2.45, 2.75) is 104 Å². The van der Waals surface area contributed by atoms with Gasteiger partial charge in [-0.3, -0.25) is 0 Å². The molecule has 0 radical (unpaired) electrons. The monoisotopic (exact) mass is 748 g/mol. The smallest absolute Gasteiger partial charge is 0.200 e. The van der Waals surface area contributed by atoms with Crippen LogP contribution >= 0.6 is 0 Å². The van der Waals surface area contributed by atoms with Gasteiger partial charge in [0.25, 0.3) is 0 Å². The van der Waals surface area contributed by atoms with Gasteiger partial charge in [0.05, 0.1) is 0 Å². The second-order valence-corrected chi connectivity index (χ2v) is 9.47. The van der Waals surface area contributed by atoms with E-state index < -0.39 is 110 Å². The minimum Gasteiger partial charge on any atom is -0.200 e. The number of hydrogen-bond donors (Lipinski definition) is 0. The van der Waals surface area contributed by atoms with Crippen molar-refractivity contribution in [3.05, 3.63) is 12.7 Å². The van der Waals surface area contributed by atoms with Gasteiger partial charge in [0.2, 0.25) is 0 Å². The first-order valence-electron chi connectivity index (χ1n) is 11.2. The summed E-state index contributed by atoms with van der Waals surface area (Å²) in [4.78, 5) is 0. The van der Waals surface area contributed by atoms with Crippen LogP contribution in [0.25, 0.3) is 0 Å². The molecule has 0 bridgehead atoms. The van der Waals surface area contributed by atoms with Gasteiger partial charge in [-0.15, -0.1) is 6.58 Å². The SMILES string of the molecule is C=CCC(CCC(F)(F)C(F)(F)C(F)(F)C(F)(F)C(F)(F)C(F)(F)F)CCC(F)(F)C(F)(F)C(F)(F)C(F)(F)C(F)(F)C(F)(F)F. The van der Waals surface area contributed by atoms with Crippen molar-refractivity contribution >= 4 is 0 Å². The molecule has 0 amide bonds. The third kappa shape index (κ3) is 6.63. The van der Waals surface area contributed by atoms with Crippen LogP contribution in [0.5, 0.6) is 0 Å². The Hall–Kier alpha value is -2.08. The first-order valence-corrected chi connectivity index (χ1v) is 11.2. The fraction of sp³-hybridized carbons (Fsp3) is 0.900. The van der Waals surface area contributed by atoms with E-state index in [9.17, 15) is 114 Å². The van der Waals surface area contributed by atoms with Crippen molar-refractivity contribution in [3.63, 3.8) is 0 Å². The predicted octanol–water partition coefficient (Wildman–Crippen LogP) is 11.2. The minimum absolute atomic E-state index is 0.344. The minimum atomic E-state index is -8.32. The third-order valence-electron chi connectivity index (χ3n) is 6.23. The molecule has 0 spiro atoms. The van der Waals surface area contributed by atoms with Crippen LogP contribution in [-0.2, 0) is 0 Å². The van der Waals surface area contributed by atoms with Gasteiger partial charge in [0.15, 0.2) is 0 Å². The lowest BCUT2D eigenvalue weighted by atomic mass is 9.85. The molecule has 0 aromatic heterocycles. The molecule has 0 rings (SSSR count). The standard InChI is InChI=1S/C20H14F26/c1-2-3-8(4-6-9(21,22)11(25,26)13(29,30)15(33,34)17(37,38)19(41,42)43)5-7-10(23,24)12(27,28)14(31,32)16(35,36)18(39,40)20(44,45)46/h2,8H,1,3-7H2. The quantitative estimate of drug-likeness (QED) is 0.109. The van der Waals surface area contributed by atoms with Crippen molar-refractivity contribution in [3.8, 4) is 0 Å². The number of rotatable bonds is 16. The van der Waals surface area contributed by atoms with Gasteiger partial charge in [-0.05, 0) is 25.2 Å². The van der Waals surface area contributed by atoms with Crippen LogP contribution in [0.3, 0.4) is 0 Å². The maximum atomic E-state index is 13.9. The average Bonchev–Trinajstić information content (AvgIpc) is 2.83. The van der Waals surface area contributed by atoms with Crippen LogP contribution in [0, 0.1) is 5.92 Å². The highest BCUT2D eigenvalue weighted by atomic mass is 19.4. The summed E-state index contributed by atoms with van der Waals surface area (Å²) in [5, 5.41) is 0. The lowest BCUT2D eigenvalue weighted by molar-refractivity contribution is -0.440. The summed E-state index contributed by atoms with van der Waals surface area (Å²) in [5.41, 5.74) is 0. The van der Waals surface area contributed by atoms with Crippen LogP contribution in [0.4, 0.5) is 114 Å². The average molecular weight is 748 g/mol. The molecule has 0 atom stereocenters. The van der Waals surface area contributed by atoms with Crippen LogP contribution < -0.4 is 0 Å². The summed E-state index contributed by atoms with van der Waals surface area (Å²) in [6.07, 6.45) is -26.9. The first kappa shape index (κ1) is 43.9. The number of halogens is 26. The molecule has 0 fully saturated rings. The second-order valence-electron chi connectivity index (χ2n) is 9.47. The van der Waals surface area contributed by atoms with Crippen molar-refractivity contribution in [2.75, 3.05) is 0 Å². The van der Waals surface area contributed by atoms with Crippen molar-refractivity contribution < 1.29 is 114 Å². The molecule has 0 saturated heterocycles. The molecule has 0 heterocycles. The molecular formula is C20H14F26. The van der Waals surface area contributed by atoms with Gasteiger partial charge in [-0.25, -0.2) is 0 Å². The van der Waals surface area contributed by atoms with E-state index in [1.807, 2.05) is 0 Å². The molecule has 0 unspecified atom stereocenters. The van der Waals surface area contributed by atoms with E-state index in [0.29, 0.717) is 6.08 Å². The first-order chi connectivity index (χ1) is 19.6. The molecule has 0 saturated carbocycles. The maximum absolute atomic E-state index is 13.9. The highest BCUT2D eigenvalue weighted by Crippen LogP contribution is 2.62. The fourth-order valence-corrected chi connectivity index (χ4v) is 3.30. The number of alkyl halides is 26. The number of hydrogen-bond acceptors (Lipinski definition) is 0. The van der Waals surface area contributed by atoms with E-state index in [-0.39, 0.29) is 0 Å². The van der Waals surface area contributed by atoms with Gasteiger partial charge in [0, 0.05) is 12.8 Å². The Labute approximate surface area is 237 Å². The second kappa shape index (κ2) is 12.1. The largest absolute Gasteiger partial charge is 0.460 e. The van der Waals surface area contributed by atoms with Gasteiger partial charge < -0.3 is 0 Å². The fourth-order valence-electron chi connectivity index (χ4n) is 3.30. The van der Waals surface area contributed by atoms with Gasteiger partial charge >= 0.3 is 71.6 Å². The summed E-state index contributed by atoms with van der Waals surface area (Å²) in [5.74, 6) is -81.2. The normalized spacial score (nSPS) is 16.3. The maximum Gasteiger partial charge on any atom is 0.460 e. The highest BCUT2D eigenvalue weighted by Gasteiger charge is 2.92. The van der Waals surface area contributed by atoms with Gasteiger partial charge in [-0.2, -0.15) is 114 Å². The van der Waals surface area contributed by atoms with Crippen molar-refractivity contribution in [2.24, 2.45) is 5.92 Å². The highest BCUT2D eigenvalue weighted by molar-refractivity contribution is 5.11. The lowest BCUT2D eigenvalue weighted by Crippen LogP contribution is -2.70. The summed E-state index contributed by atoms with van der Waals surface area (Å²) < 4.78 is 342. The van der Waals surface area contributed by atoms with E-state index in [0.717, 1.165) is 0 Å². The molecule has 0 aromatic carbocycles. The van der Waals surface area contributed by atoms with Crippen LogP contribution in [-0.4, -0.2) is 71.6 Å². The predicted molar refractivity (Wildman–Crippen MR) is 98.4 cm³/mol. The Morgan fingerprint density at radius 3 is 0.761 bits per heavy atom. The number of allylic oxidation sites excluding steroid dienone is 1. The van der Waals surface area contributed by atoms with Gasteiger partial charge in [-0.1, -0.05) is 6.08 Å². The zero-order valence-electron chi connectivity index (χ0n) is 21.2. The summed E-state index contributed by atoms with van der Waals surface area (Å²) in [6.45, 7) is 2.74. The van der Waals surface area contributed by atoms with E-state index >= 15 is 0 Å². The summed E-state index contributed by atoms with van der Waals surface area (Å²) in [7, 11) is 0. The Morgan fingerprint density at radius 2 is 0.565 bits per heavy atom. The lowest BCUT2D eigenvalue weighted by Gasteiger charge is -2.40. The molecule has 276 valence electrons. The molecular weight excluding hydrogens is 734 g/mol. The molecule has 0 aliphatic carbocycles. The summed E-state index contributed by atoms with van der Waals surface area (Å²) in [6, 6.07) is 0. The van der Waals surface area contributed by atoms with E-state index in [4.69, 9.17) is 0 Å². The molecule has 46 heavy (non-hydrogen) atoms. The third-order valence-corrected chi connectivity index (χ3v) is 6.23. The topological polar surface area (TPSA) is 0 Å². The van der Waals surface area contributed by atoms with Gasteiger partial charge in [0.1, 0.15) is 0 Å². The molecule has 0 N–H and O–H groups in total. The molecule has 0 aliphatic heterocycles. The van der Waals surface area contributed by atoms with Crippen molar-refractivity contribution in [1.82, 2.24) is 0 Å². The van der Waals surface area contributed by atoms with E-state index in [2.05, 4.69) is 6.58 Å². The van der Waals surface area contributed by atoms with Crippen LogP contribution in [0.2, 0.25) is 0 Å². The molecule has 0 aromatic rings. The molecule has 26 heteroatoms. The zero-order valence-corrected chi connectivity index (χ0v) is 21.2. The molecule has 0 nitrogen and oxygen atoms in total. The Bertz CT molecular complexity index is 965. The zero-order chi connectivity index (χ0) is 37.8. The van der Waals surface area contributed by atoms with Crippen molar-refractivity contribution in [1.29, 1.82) is 0 Å². The Balaban J connectivity index is 6.29.